The van der Waals surface area contributed by atoms with Gasteiger partial charge in [0, 0.05) is 32.7 Å². The van der Waals surface area contributed by atoms with E-state index >= 15 is 0 Å². The van der Waals surface area contributed by atoms with Crippen LogP contribution in [0.1, 0.15) is 33.6 Å². The van der Waals surface area contributed by atoms with Gasteiger partial charge >= 0.3 is 0 Å². The van der Waals surface area contributed by atoms with E-state index in [-0.39, 0.29) is 32.7 Å². The van der Waals surface area contributed by atoms with Crippen LogP contribution in [0, 0.1) is 12.3 Å². The van der Waals surface area contributed by atoms with Gasteiger partial charge < -0.3 is 6.42 Å². The average Bonchev–Trinajstić information content (AvgIpc) is 1.68. The van der Waals surface area contributed by atoms with E-state index in [1.165, 1.54) is 12.8 Å². The smallest absolute Gasteiger partial charge is 0 e. The van der Waals surface area contributed by atoms with Crippen LogP contribution in [0.3, 0.4) is 0 Å². The zero-order valence-electron chi connectivity index (χ0n) is 6.15. The molecule has 0 rings (SSSR count). The quantitative estimate of drug-likeness (QED) is 0.597. The molecule has 0 fully saturated rings. The summed E-state index contributed by atoms with van der Waals surface area (Å²) in [7, 11) is 0. The van der Waals surface area contributed by atoms with Crippen molar-refractivity contribution in [3.05, 3.63) is 6.42 Å². The summed E-state index contributed by atoms with van der Waals surface area (Å²) in [5, 5.41) is 0. The standard InChI is InChI=1S/C7H15.Y/c1-4-6-7(3)5-2;/h6-7H,4-5H2,1-3H3;/q-1;. The fourth-order valence-electron chi connectivity index (χ4n) is 0.569. The van der Waals surface area contributed by atoms with Crippen LogP contribution in [0.2, 0.25) is 0 Å². The maximum Gasteiger partial charge on any atom is 0 e. The first-order valence-corrected chi connectivity index (χ1v) is 3.14. The van der Waals surface area contributed by atoms with Gasteiger partial charge in [0.15, 0.2) is 0 Å². The maximum absolute atomic E-state index is 2.35. The first-order chi connectivity index (χ1) is 3.31. The minimum absolute atomic E-state index is 0. The van der Waals surface area contributed by atoms with E-state index < -0.39 is 0 Å². The van der Waals surface area contributed by atoms with Gasteiger partial charge in [-0.3, -0.25) is 0 Å². The molecule has 0 aliphatic heterocycles. The monoisotopic (exact) mass is 188 g/mol. The van der Waals surface area contributed by atoms with E-state index in [0.29, 0.717) is 0 Å². The van der Waals surface area contributed by atoms with E-state index in [2.05, 4.69) is 27.2 Å². The van der Waals surface area contributed by atoms with Crippen molar-refractivity contribution >= 4 is 0 Å². The summed E-state index contributed by atoms with van der Waals surface area (Å²) < 4.78 is 0. The molecule has 0 aliphatic rings. The third kappa shape index (κ3) is 7.10. The van der Waals surface area contributed by atoms with Crippen molar-refractivity contribution in [3.8, 4) is 0 Å². The van der Waals surface area contributed by atoms with Crippen molar-refractivity contribution in [2.45, 2.75) is 33.6 Å². The van der Waals surface area contributed by atoms with Gasteiger partial charge in [-0.25, -0.2) is 0 Å². The zero-order valence-corrected chi connectivity index (χ0v) is 8.98. The Kier molecular flexibility index (Phi) is 12.0. The molecule has 0 spiro atoms. The molecule has 47 valence electrons. The van der Waals surface area contributed by atoms with Gasteiger partial charge in [0.1, 0.15) is 0 Å². The van der Waals surface area contributed by atoms with Crippen LogP contribution in [0.4, 0.5) is 0 Å². The van der Waals surface area contributed by atoms with Crippen molar-refractivity contribution in [1.29, 1.82) is 0 Å². The second-order valence-electron chi connectivity index (χ2n) is 2.03. The number of hydrogen-bond acceptors (Lipinski definition) is 0. The molecule has 0 heterocycles. The Morgan fingerprint density at radius 1 is 1.38 bits per heavy atom. The molecule has 1 heteroatoms. The van der Waals surface area contributed by atoms with E-state index in [1.807, 2.05) is 0 Å². The molecule has 0 nitrogen and oxygen atoms in total. The first kappa shape index (κ1) is 11.8. The third-order valence-corrected chi connectivity index (χ3v) is 1.28. The van der Waals surface area contributed by atoms with Crippen molar-refractivity contribution in [3.63, 3.8) is 0 Å². The molecule has 0 aliphatic carbocycles. The van der Waals surface area contributed by atoms with Crippen molar-refractivity contribution in [2.75, 3.05) is 0 Å². The normalized spacial score (nSPS) is 12.4. The molecular weight excluding hydrogens is 173 g/mol. The molecule has 1 atom stereocenters. The van der Waals surface area contributed by atoms with E-state index in [9.17, 15) is 0 Å². The predicted molar refractivity (Wildman–Crippen MR) is 34.0 cm³/mol. The minimum atomic E-state index is 0. The Morgan fingerprint density at radius 3 is 2.00 bits per heavy atom. The minimum Gasteiger partial charge on any atom is -0.326 e. The topological polar surface area (TPSA) is 0 Å². The van der Waals surface area contributed by atoms with E-state index in [0.717, 1.165) is 5.92 Å². The first-order valence-electron chi connectivity index (χ1n) is 3.14. The second kappa shape index (κ2) is 8.10. The summed E-state index contributed by atoms with van der Waals surface area (Å²) >= 11 is 0. The predicted octanol–water partition coefficient (Wildman–Crippen LogP) is 2.64. The van der Waals surface area contributed by atoms with Gasteiger partial charge in [0.05, 0.1) is 0 Å². The molecule has 1 radical (unpaired) electrons. The largest absolute Gasteiger partial charge is 0.326 e. The average molecular weight is 188 g/mol. The van der Waals surface area contributed by atoms with Crippen molar-refractivity contribution < 1.29 is 32.7 Å². The van der Waals surface area contributed by atoms with Gasteiger partial charge in [0.2, 0.25) is 0 Å². The Bertz CT molecular complexity index is 35.4. The van der Waals surface area contributed by atoms with Gasteiger partial charge in [0.25, 0.3) is 0 Å². The summed E-state index contributed by atoms with van der Waals surface area (Å²) in [6.07, 6.45) is 4.85. The van der Waals surface area contributed by atoms with Crippen molar-refractivity contribution in [2.24, 2.45) is 5.92 Å². The molecule has 0 aromatic rings. The van der Waals surface area contributed by atoms with Crippen LogP contribution < -0.4 is 0 Å². The molecule has 0 bridgehead atoms. The maximum atomic E-state index is 2.35. The third-order valence-electron chi connectivity index (χ3n) is 1.28. The van der Waals surface area contributed by atoms with Crippen LogP contribution in [0.25, 0.3) is 0 Å². The fourth-order valence-corrected chi connectivity index (χ4v) is 0.569. The molecule has 1 unspecified atom stereocenters. The molecule has 0 saturated heterocycles. The molecule has 0 aromatic heterocycles. The van der Waals surface area contributed by atoms with Crippen LogP contribution >= 0.6 is 0 Å². The van der Waals surface area contributed by atoms with Gasteiger partial charge in [-0.05, 0) is 0 Å². The molecule has 0 saturated carbocycles. The van der Waals surface area contributed by atoms with Crippen LogP contribution in [-0.2, 0) is 32.7 Å². The summed E-state index contributed by atoms with van der Waals surface area (Å²) in [6.45, 7) is 6.66. The Hall–Kier alpha value is 1.10. The Morgan fingerprint density at radius 2 is 1.88 bits per heavy atom. The molecular formula is C7H15Y-. The summed E-state index contributed by atoms with van der Waals surface area (Å²) in [5.41, 5.74) is 0. The number of hydrogen-bond donors (Lipinski definition) is 0. The van der Waals surface area contributed by atoms with E-state index in [1.54, 1.807) is 0 Å². The fraction of sp³-hybridized carbons (Fsp3) is 0.857. The van der Waals surface area contributed by atoms with Crippen LogP contribution in [0.15, 0.2) is 0 Å². The molecule has 0 N–H and O–H groups in total. The Balaban J connectivity index is 0. The SMILES string of the molecule is CC[CH-]C(C)CC.[Y]. The van der Waals surface area contributed by atoms with Gasteiger partial charge in [-0.15, -0.1) is 0 Å². The van der Waals surface area contributed by atoms with E-state index in [4.69, 9.17) is 0 Å². The van der Waals surface area contributed by atoms with Gasteiger partial charge in [-0.2, -0.15) is 12.3 Å². The van der Waals surface area contributed by atoms with Crippen LogP contribution in [0.5, 0.6) is 0 Å². The Labute approximate surface area is 78.3 Å². The second-order valence-corrected chi connectivity index (χ2v) is 2.03. The zero-order chi connectivity index (χ0) is 5.70. The molecule has 0 amide bonds. The molecule has 8 heavy (non-hydrogen) atoms. The number of rotatable bonds is 3. The van der Waals surface area contributed by atoms with Gasteiger partial charge in [-0.1, -0.05) is 27.2 Å². The summed E-state index contributed by atoms with van der Waals surface area (Å²) in [6, 6.07) is 0. The van der Waals surface area contributed by atoms with Crippen LogP contribution in [-0.4, -0.2) is 0 Å². The molecule has 0 aromatic carbocycles. The summed E-state index contributed by atoms with van der Waals surface area (Å²) in [4.78, 5) is 0. The van der Waals surface area contributed by atoms with Crippen molar-refractivity contribution in [1.82, 2.24) is 0 Å². The summed E-state index contributed by atoms with van der Waals surface area (Å²) in [5.74, 6) is 0.824.